The van der Waals surface area contributed by atoms with E-state index < -0.39 is 11.7 Å². The highest BCUT2D eigenvalue weighted by atomic mass is 19.4. The van der Waals surface area contributed by atoms with Crippen LogP contribution in [0.25, 0.3) is 0 Å². The first kappa shape index (κ1) is 15.4. The standard InChI is InChI=1S/C15H16F3NO2/c1-2-14(20)19-11-6-7-13(9-11)21-12-5-3-4-10(8-12)15(16,17)18/h2-5,8,11,13H,1,6-7,9H2,(H,19,20)/t11-,13-/m0/s1. The number of carbonyl (C=O) groups excluding carboxylic acids is 1. The van der Waals surface area contributed by atoms with Gasteiger partial charge in [0.15, 0.2) is 0 Å². The molecule has 0 aliphatic heterocycles. The Balaban J connectivity index is 1.94. The Kier molecular flexibility index (Phi) is 4.55. The van der Waals surface area contributed by atoms with Crippen molar-refractivity contribution in [2.75, 3.05) is 0 Å². The van der Waals surface area contributed by atoms with Crippen LogP contribution in [0.15, 0.2) is 36.9 Å². The molecule has 6 heteroatoms. The zero-order chi connectivity index (χ0) is 15.5. The van der Waals surface area contributed by atoms with Crippen LogP contribution in [0.3, 0.4) is 0 Å². The second-order valence-electron chi connectivity index (χ2n) is 4.99. The first-order valence-electron chi connectivity index (χ1n) is 6.65. The predicted molar refractivity (Wildman–Crippen MR) is 71.8 cm³/mol. The first-order chi connectivity index (χ1) is 9.88. The van der Waals surface area contributed by atoms with E-state index in [0.29, 0.717) is 12.8 Å². The Labute approximate surface area is 120 Å². The number of benzene rings is 1. The third-order valence-electron chi connectivity index (χ3n) is 3.38. The topological polar surface area (TPSA) is 38.3 Å². The largest absolute Gasteiger partial charge is 0.490 e. The van der Waals surface area contributed by atoms with Crippen molar-refractivity contribution in [3.8, 4) is 5.75 Å². The summed E-state index contributed by atoms with van der Waals surface area (Å²) in [6.07, 6.45) is -1.36. The average Bonchev–Trinajstić information content (AvgIpc) is 2.85. The highest BCUT2D eigenvalue weighted by Crippen LogP contribution is 2.32. The maximum absolute atomic E-state index is 12.6. The number of halogens is 3. The normalized spacial score (nSPS) is 21.9. The number of hydrogen-bond donors (Lipinski definition) is 1. The predicted octanol–water partition coefficient (Wildman–Crippen LogP) is 3.31. The minimum absolute atomic E-state index is 0.0219. The van der Waals surface area contributed by atoms with Crippen LogP contribution in [0.2, 0.25) is 0 Å². The molecule has 1 N–H and O–H groups in total. The molecule has 1 fully saturated rings. The van der Waals surface area contributed by atoms with Crippen LogP contribution in [0.4, 0.5) is 13.2 Å². The third-order valence-corrected chi connectivity index (χ3v) is 3.38. The minimum atomic E-state index is -4.38. The second kappa shape index (κ2) is 6.20. The number of rotatable bonds is 4. The number of carbonyl (C=O) groups is 1. The molecule has 0 spiro atoms. The van der Waals surface area contributed by atoms with Crippen molar-refractivity contribution in [2.24, 2.45) is 0 Å². The molecule has 1 saturated carbocycles. The first-order valence-corrected chi connectivity index (χ1v) is 6.65. The number of hydrogen-bond acceptors (Lipinski definition) is 2. The molecule has 0 radical (unpaired) electrons. The quantitative estimate of drug-likeness (QED) is 0.866. The summed E-state index contributed by atoms with van der Waals surface area (Å²) < 4.78 is 43.4. The van der Waals surface area contributed by atoms with E-state index in [-0.39, 0.29) is 23.8 Å². The molecule has 3 nitrogen and oxygen atoms in total. The summed E-state index contributed by atoms with van der Waals surface area (Å²) in [7, 11) is 0. The second-order valence-corrected chi connectivity index (χ2v) is 4.99. The van der Waals surface area contributed by atoms with Crippen LogP contribution in [0, 0.1) is 0 Å². The van der Waals surface area contributed by atoms with Crippen LogP contribution in [-0.2, 0) is 11.0 Å². The molecule has 1 aromatic carbocycles. The molecule has 1 aliphatic rings. The molecule has 0 aromatic heterocycles. The van der Waals surface area contributed by atoms with Gasteiger partial charge in [0.2, 0.25) is 5.91 Å². The minimum Gasteiger partial charge on any atom is -0.490 e. The van der Waals surface area contributed by atoms with Gasteiger partial charge in [0.05, 0.1) is 5.56 Å². The maximum Gasteiger partial charge on any atom is 0.416 e. The molecule has 0 unspecified atom stereocenters. The van der Waals surface area contributed by atoms with Crippen molar-refractivity contribution in [3.05, 3.63) is 42.5 Å². The zero-order valence-corrected chi connectivity index (χ0v) is 11.3. The van der Waals surface area contributed by atoms with E-state index in [9.17, 15) is 18.0 Å². The summed E-state index contributed by atoms with van der Waals surface area (Å²) in [6.45, 7) is 3.37. The Bertz CT molecular complexity index is 528. The van der Waals surface area contributed by atoms with Crippen molar-refractivity contribution >= 4 is 5.91 Å². The van der Waals surface area contributed by atoms with E-state index in [0.717, 1.165) is 18.6 Å². The van der Waals surface area contributed by atoms with Crippen LogP contribution >= 0.6 is 0 Å². The van der Waals surface area contributed by atoms with Gasteiger partial charge in [-0.15, -0.1) is 0 Å². The van der Waals surface area contributed by atoms with Crippen LogP contribution in [0.5, 0.6) is 5.75 Å². The lowest BCUT2D eigenvalue weighted by molar-refractivity contribution is -0.137. The Hall–Kier alpha value is -1.98. The molecule has 2 atom stereocenters. The fraction of sp³-hybridized carbons (Fsp3) is 0.400. The number of amides is 1. The molecule has 21 heavy (non-hydrogen) atoms. The van der Waals surface area contributed by atoms with E-state index in [4.69, 9.17) is 4.74 Å². The molecule has 1 aromatic rings. The van der Waals surface area contributed by atoms with E-state index in [1.165, 1.54) is 18.2 Å². The zero-order valence-electron chi connectivity index (χ0n) is 11.3. The Morgan fingerprint density at radius 3 is 2.81 bits per heavy atom. The van der Waals surface area contributed by atoms with Crippen molar-refractivity contribution in [3.63, 3.8) is 0 Å². The number of nitrogens with one attached hydrogen (secondary N) is 1. The van der Waals surface area contributed by atoms with Gasteiger partial charge < -0.3 is 10.1 Å². The summed E-state index contributed by atoms with van der Waals surface area (Å²) in [5.74, 6) is -0.0507. The smallest absolute Gasteiger partial charge is 0.416 e. The van der Waals surface area contributed by atoms with Gasteiger partial charge in [0, 0.05) is 12.5 Å². The Morgan fingerprint density at radius 2 is 2.14 bits per heavy atom. The molecule has 114 valence electrons. The summed E-state index contributed by atoms with van der Waals surface area (Å²) >= 11 is 0. The highest BCUT2D eigenvalue weighted by Gasteiger charge is 2.31. The molecule has 0 heterocycles. The average molecular weight is 299 g/mol. The number of alkyl halides is 3. The van der Waals surface area contributed by atoms with E-state index in [1.807, 2.05) is 0 Å². The summed E-state index contributed by atoms with van der Waals surface area (Å²) in [5.41, 5.74) is -0.727. The molecular formula is C15H16F3NO2. The Morgan fingerprint density at radius 1 is 1.38 bits per heavy atom. The van der Waals surface area contributed by atoms with E-state index >= 15 is 0 Å². The SMILES string of the molecule is C=CC(=O)N[C@H]1CC[C@H](Oc2cccc(C(F)(F)F)c2)C1. The molecule has 1 amide bonds. The van der Waals surface area contributed by atoms with Crippen molar-refractivity contribution in [2.45, 2.75) is 37.6 Å². The van der Waals surface area contributed by atoms with Gasteiger partial charge in [-0.05, 0) is 37.1 Å². The van der Waals surface area contributed by atoms with Gasteiger partial charge in [0.1, 0.15) is 11.9 Å². The van der Waals surface area contributed by atoms with Gasteiger partial charge in [-0.25, -0.2) is 0 Å². The van der Waals surface area contributed by atoms with Gasteiger partial charge in [-0.3, -0.25) is 4.79 Å². The maximum atomic E-state index is 12.6. The van der Waals surface area contributed by atoms with E-state index in [1.54, 1.807) is 0 Å². The monoisotopic (exact) mass is 299 g/mol. The summed E-state index contributed by atoms with van der Waals surface area (Å²) in [6, 6.07) is 4.81. The molecule has 2 rings (SSSR count). The third kappa shape index (κ3) is 4.24. The highest BCUT2D eigenvalue weighted by molar-refractivity contribution is 5.87. The molecule has 0 saturated heterocycles. The van der Waals surface area contributed by atoms with E-state index in [2.05, 4.69) is 11.9 Å². The van der Waals surface area contributed by atoms with Crippen molar-refractivity contribution < 1.29 is 22.7 Å². The summed E-state index contributed by atoms with van der Waals surface area (Å²) in [4.78, 5) is 11.2. The lowest BCUT2D eigenvalue weighted by Gasteiger charge is -2.16. The van der Waals surface area contributed by atoms with Crippen molar-refractivity contribution in [1.82, 2.24) is 5.32 Å². The number of ether oxygens (including phenoxy) is 1. The molecular weight excluding hydrogens is 283 g/mol. The van der Waals surface area contributed by atoms with Gasteiger partial charge in [-0.1, -0.05) is 12.6 Å². The lowest BCUT2D eigenvalue weighted by Crippen LogP contribution is -2.32. The van der Waals surface area contributed by atoms with Crippen LogP contribution in [-0.4, -0.2) is 18.1 Å². The van der Waals surface area contributed by atoms with Crippen LogP contribution in [0.1, 0.15) is 24.8 Å². The molecule has 0 bridgehead atoms. The lowest BCUT2D eigenvalue weighted by atomic mass is 10.2. The van der Waals surface area contributed by atoms with Gasteiger partial charge in [-0.2, -0.15) is 13.2 Å². The van der Waals surface area contributed by atoms with Gasteiger partial charge in [0.25, 0.3) is 0 Å². The van der Waals surface area contributed by atoms with Crippen molar-refractivity contribution in [1.29, 1.82) is 0 Å². The van der Waals surface area contributed by atoms with Crippen LogP contribution < -0.4 is 10.1 Å². The fourth-order valence-electron chi connectivity index (χ4n) is 2.38. The molecule has 1 aliphatic carbocycles. The summed E-state index contributed by atoms with van der Waals surface area (Å²) in [5, 5.41) is 2.76. The fourth-order valence-corrected chi connectivity index (χ4v) is 2.38. The van der Waals surface area contributed by atoms with Gasteiger partial charge >= 0.3 is 6.18 Å².